The van der Waals surface area contributed by atoms with Crippen molar-refractivity contribution in [3.63, 3.8) is 0 Å². The van der Waals surface area contributed by atoms with Crippen molar-refractivity contribution < 1.29 is 23.5 Å². The number of anilines is 1. The highest BCUT2D eigenvalue weighted by Crippen LogP contribution is 2.20. The maximum absolute atomic E-state index is 5.65. The van der Waals surface area contributed by atoms with Gasteiger partial charge in [-0.2, -0.15) is 9.97 Å². The summed E-state index contributed by atoms with van der Waals surface area (Å²) < 4.78 is 26.9. The number of nitrogens with one attached hydrogen (secondary N) is 1. The Kier molecular flexibility index (Phi) is 7.49. The minimum Gasteiger partial charge on any atom is -0.468 e. The number of nitrogens with zero attached hydrogens (tertiary/aromatic N) is 4. The molecule has 152 valence electrons. The Morgan fingerprint density at radius 3 is 2.61 bits per heavy atom. The van der Waals surface area contributed by atoms with E-state index in [2.05, 4.69) is 25.1 Å². The fraction of sp³-hybridized carbons (Fsp3) is 0.500. The molecule has 0 unspecified atom stereocenters. The first-order chi connectivity index (χ1) is 13.8. The van der Waals surface area contributed by atoms with Gasteiger partial charge in [-0.25, -0.2) is 4.98 Å². The summed E-state index contributed by atoms with van der Waals surface area (Å²) >= 11 is 0. The Balaban J connectivity index is 1.36. The Labute approximate surface area is 160 Å². The van der Waals surface area contributed by atoms with Gasteiger partial charge in [0, 0.05) is 12.6 Å². The van der Waals surface area contributed by atoms with Crippen molar-refractivity contribution in [1.29, 1.82) is 0 Å². The average Bonchev–Trinajstić information content (AvgIpc) is 3.34. The second kappa shape index (κ2) is 10.5. The molecule has 0 amide bonds. The quantitative estimate of drug-likeness (QED) is 0.334. The number of nitrogen functional groups attached to an aromatic ring is 1. The maximum Gasteiger partial charge on any atom is 0.247 e. The zero-order valence-corrected chi connectivity index (χ0v) is 15.3. The molecule has 0 aromatic carbocycles. The molecule has 0 radical (unpaired) electrons. The van der Waals surface area contributed by atoms with Crippen LogP contribution in [0.15, 0.2) is 16.9 Å². The normalized spacial score (nSPS) is 11.3. The molecule has 3 aromatic rings. The fourth-order valence-corrected chi connectivity index (χ4v) is 2.26. The van der Waals surface area contributed by atoms with Gasteiger partial charge in [0.25, 0.3) is 0 Å². The number of aromatic amines is 1. The van der Waals surface area contributed by atoms with E-state index in [9.17, 15) is 0 Å². The third-order valence-electron chi connectivity index (χ3n) is 3.48. The first kappa shape index (κ1) is 19.9. The number of H-pyrrole nitrogens is 1. The van der Waals surface area contributed by atoms with E-state index >= 15 is 0 Å². The van der Waals surface area contributed by atoms with Crippen molar-refractivity contribution in [2.45, 2.75) is 13.2 Å². The van der Waals surface area contributed by atoms with Crippen LogP contribution in [0.5, 0.6) is 5.88 Å². The molecule has 0 saturated heterocycles. The zero-order chi connectivity index (χ0) is 19.6. The van der Waals surface area contributed by atoms with E-state index in [0.717, 1.165) is 0 Å². The minimum absolute atomic E-state index is 0.0894. The Morgan fingerprint density at radius 1 is 1.00 bits per heavy atom. The number of rotatable bonds is 13. The molecule has 0 fully saturated rings. The Morgan fingerprint density at radius 2 is 1.79 bits per heavy atom. The number of imidazole rings is 1. The molecule has 3 aromatic heterocycles. The molecule has 0 saturated carbocycles. The third kappa shape index (κ3) is 5.85. The molecule has 28 heavy (non-hydrogen) atoms. The van der Waals surface area contributed by atoms with Gasteiger partial charge in [-0.3, -0.25) is 0 Å². The van der Waals surface area contributed by atoms with E-state index < -0.39 is 0 Å². The number of nitrogens with two attached hydrogens (primary N) is 2. The lowest BCUT2D eigenvalue weighted by Crippen LogP contribution is -2.13. The van der Waals surface area contributed by atoms with Crippen LogP contribution in [0.1, 0.15) is 11.5 Å². The van der Waals surface area contributed by atoms with Crippen molar-refractivity contribution in [2.75, 3.05) is 45.3 Å². The van der Waals surface area contributed by atoms with Crippen LogP contribution in [-0.2, 0) is 27.4 Å². The SMILES string of the molecule is NCCOCCOCCOCc1cc(COc2nc(N)nc3[nH]cnc23)on1. The zero-order valence-electron chi connectivity index (χ0n) is 15.3. The lowest BCUT2D eigenvalue weighted by Gasteiger charge is -2.05. The van der Waals surface area contributed by atoms with Crippen molar-refractivity contribution in [1.82, 2.24) is 25.1 Å². The van der Waals surface area contributed by atoms with E-state index in [1.807, 2.05) is 0 Å². The van der Waals surface area contributed by atoms with Gasteiger partial charge >= 0.3 is 0 Å². The van der Waals surface area contributed by atoms with Crippen LogP contribution in [-0.4, -0.2) is 64.7 Å². The lowest BCUT2D eigenvalue weighted by atomic mass is 10.4. The molecular formula is C16H23N7O5. The molecule has 0 aliphatic rings. The molecule has 0 aliphatic heterocycles. The van der Waals surface area contributed by atoms with Gasteiger partial charge < -0.3 is 39.9 Å². The van der Waals surface area contributed by atoms with E-state index in [1.165, 1.54) is 6.33 Å². The molecule has 5 N–H and O–H groups in total. The van der Waals surface area contributed by atoms with Crippen molar-refractivity contribution >= 4 is 17.1 Å². The first-order valence-corrected chi connectivity index (χ1v) is 8.73. The van der Waals surface area contributed by atoms with Crippen LogP contribution in [0.3, 0.4) is 0 Å². The standard InChI is InChI=1S/C16H23N7O5/c17-1-2-24-3-4-25-5-6-26-8-11-7-12(28-23-11)9-27-15-13-14(20-10-19-13)21-16(18)22-15/h7,10H,1-6,8-9,17H2,(H3,18,19,20,21,22). The van der Waals surface area contributed by atoms with Crippen molar-refractivity contribution in [3.05, 3.63) is 23.8 Å². The summed E-state index contributed by atoms with van der Waals surface area (Å²) in [5.74, 6) is 0.880. The summed E-state index contributed by atoms with van der Waals surface area (Å²) in [5, 5.41) is 3.93. The number of hydrogen-bond acceptors (Lipinski definition) is 11. The monoisotopic (exact) mass is 393 g/mol. The molecular weight excluding hydrogens is 370 g/mol. The first-order valence-electron chi connectivity index (χ1n) is 8.73. The molecule has 3 heterocycles. The van der Waals surface area contributed by atoms with Gasteiger partial charge in [0.05, 0.1) is 46.0 Å². The Bertz CT molecular complexity index is 853. The minimum atomic E-state index is 0.0894. The van der Waals surface area contributed by atoms with E-state index in [-0.39, 0.29) is 18.4 Å². The summed E-state index contributed by atoms with van der Waals surface area (Å²) in [7, 11) is 0. The van der Waals surface area contributed by atoms with Crippen molar-refractivity contribution in [2.24, 2.45) is 5.73 Å². The predicted octanol–water partition coefficient (Wildman–Crippen LogP) is 0.0106. The highest BCUT2D eigenvalue weighted by atomic mass is 16.5. The molecule has 12 heteroatoms. The predicted molar refractivity (Wildman–Crippen MR) is 97.3 cm³/mol. The highest BCUT2D eigenvalue weighted by molar-refractivity contribution is 5.76. The summed E-state index contributed by atoms with van der Waals surface area (Å²) in [6.45, 7) is 3.40. The van der Waals surface area contributed by atoms with E-state index in [1.54, 1.807) is 6.07 Å². The average molecular weight is 393 g/mol. The summed E-state index contributed by atoms with van der Waals surface area (Å²) in [4.78, 5) is 15.0. The number of hydrogen-bond donors (Lipinski definition) is 3. The van der Waals surface area contributed by atoms with Gasteiger partial charge in [-0.1, -0.05) is 5.16 Å². The van der Waals surface area contributed by atoms with Crippen LogP contribution in [0, 0.1) is 0 Å². The van der Waals surface area contributed by atoms with Crippen LogP contribution in [0.25, 0.3) is 11.2 Å². The number of ether oxygens (including phenoxy) is 4. The maximum atomic E-state index is 5.65. The number of aromatic nitrogens is 5. The third-order valence-corrected chi connectivity index (χ3v) is 3.48. The molecule has 0 bridgehead atoms. The topological polar surface area (TPSA) is 169 Å². The smallest absolute Gasteiger partial charge is 0.247 e. The molecule has 3 rings (SSSR count). The van der Waals surface area contributed by atoms with Gasteiger partial charge in [-0.15, -0.1) is 0 Å². The van der Waals surface area contributed by atoms with Gasteiger partial charge in [-0.05, 0) is 0 Å². The van der Waals surface area contributed by atoms with Crippen LogP contribution in [0.2, 0.25) is 0 Å². The molecule has 12 nitrogen and oxygen atoms in total. The van der Waals surface area contributed by atoms with Gasteiger partial charge in [0.2, 0.25) is 11.8 Å². The fourth-order valence-electron chi connectivity index (χ4n) is 2.26. The van der Waals surface area contributed by atoms with Crippen LogP contribution < -0.4 is 16.2 Å². The Hall–Kier alpha value is -2.80. The lowest BCUT2D eigenvalue weighted by molar-refractivity contribution is 0.0109. The molecule has 0 atom stereocenters. The highest BCUT2D eigenvalue weighted by Gasteiger charge is 2.12. The summed E-state index contributed by atoms with van der Waals surface area (Å²) in [6, 6.07) is 1.74. The van der Waals surface area contributed by atoms with Gasteiger partial charge in [0.1, 0.15) is 5.69 Å². The van der Waals surface area contributed by atoms with Crippen LogP contribution >= 0.6 is 0 Å². The van der Waals surface area contributed by atoms with E-state index in [4.69, 9.17) is 34.9 Å². The second-order valence-corrected chi connectivity index (χ2v) is 5.63. The number of fused-ring (bicyclic) bond motifs is 1. The van der Waals surface area contributed by atoms with Crippen LogP contribution in [0.4, 0.5) is 5.95 Å². The molecule has 0 spiro atoms. The summed E-state index contributed by atoms with van der Waals surface area (Å²) in [6.07, 6.45) is 1.49. The largest absolute Gasteiger partial charge is 0.468 e. The van der Waals surface area contributed by atoms with E-state index in [0.29, 0.717) is 68.8 Å². The molecule has 0 aliphatic carbocycles. The summed E-state index contributed by atoms with van der Waals surface area (Å²) in [5.41, 5.74) is 12.6. The van der Waals surface area contributed by atoms with Gasteiger partial charge in [0.15, 0.2) is 23.5 Å². The van der Waals surface area contributed by atoms with Crippen molar-refractivity contribution in [3.8, 4) is 5.88 Å². The second-order valence-electron chi connectivity index (χ2n) is 5.63.